The van der Waals surface area contributed by atoms with E-state index < -0.39 is 33.3 Å². The summed E-state index contributed by atoms with van der Waals surface area (Å²) in [4.78, 5) is 37.3. The first-order valence-corrected chi connectivity index (χ1v) is 19.5. The number of carbonyl (C=O) groups excluding carboxylic acids is 2. The normalized spacial score (nSPS) is 13.2. The number of aliphatic carboxylic acids is 1. The van der Waals surface area contributed by atoms with Gasteiger partial charge in [0, 0.05) is 15.2 Å². The summed E-state index contributed by atoms with van der Waals surface area (Å²) in [5.74, 6) is -1.85. The van der Waals surface area contributed by atoms with E-state index in [9.17, 15) is 19.5 Å². The Bertz CT molecular complexity index is 714. The molecule has 0 heterocycles. The molecule has 0 aromatic heterocycles. The van der Waals surface area contributed by atoms with Crippen molar-refractivity contribution in [2.45, 2.75) is 193 Å². The number of nitrogens with one attached hydrogen (secondary N) is 1. The Morgan fingerprint density at radius 1 is 0.614 bits per heavy atom. The number of aliphatic hydroxyl groups is 1. The third-order valence-corrected chi connectivity index (χ3v) is 9.67. The number of carboxylic acid groups (broad SMARTS) is 1. The average molecular weight is 640 g/mol. The molecule has 44 heavy (non-hydrogen) atoms. The van der Waals surface area contributed by atoms with Crippen LogP contribution in [-0.4, -0.2) is 40.1 Å². The number of ketones is 1. The number of carboxylic acids is 1. The molecule has 0 aromatic rings. The molecule has 0 rings (SSSR count). The lowest BCUT2D eigenvalue weighted by molar-refractivity contribution is -0.139. The summed E-state index contributed by atoms with van der Waals surface area (Å²) < 4.78 is 0. The predicted octanol–water partition coefficient (Wildman–Crippen LogP) is 10.5. The molecule has 0 radical (unpaired) electrons. The maximum Gasteiger partial charge on any atom is 0.323 e. The second kappa shape index (κ2) is 33.3. The second-order valence-corrected chi connectivity index (χ2v) is 13.8. The molecule has 7 heteroatoms. The van der Waals surface area contributed by atoms with Gasteiger partial charge in [-0.15, -0.1) is 0 Å². The molecule has 0 aliphatic heterocycles. The van der Waals surface area contributed by atoms with Crippen molar-refractivity contribution in [3.8, 4) is 0 Å². The zero-order valence-electron chi connectivity index (χ0n) is 28.7. The van der Waals surface area contributed by atoms with Crippen LogP contribution in [0.4, 0.5) is 0 Å². The zero-order chi connectivity index (χ0) is 32.5. The van der Waals surface area contributed by atoms with E-state index in [2.05, 4.69) is 31.1 Å². The standard InChI is InChI=1S/C37H70NO5P/c1-3-5-7-9-11-13-15-17-19-20-22-24-26-28-30-33(37(43)44-38-34(32-39)36(41)42)35(40)31-29-27-25-23-21-18-16-14-12-10-8-6-4-2/h17,19,33-34,38-39,44H,3-16,18,20-32H2,1-2H3,(H,41,42). The van der Waals surface area contributed by atoms with Crippen molar-refractivity contribution >= 4 is 26.0 Å². The third-order valence-electron chi connectivity index (χ3n) is 8.59. The van der Waals surface area contributed by atoms with Crippen LogP contribution in [0.2, 0.25) is 0 Å². The van der Waals surface area contributed by atoms with Crippen LogP contribution in [0.15, 0.2) is 12.2 Å². The van der Waals surface area contributed by atoms with Gasteiger partial charge in [0.1, 0.15) is 11.8 Å². The van der Waals surface area contributed by atoms with Gasteiger partial charge in [-0.3, -0.25) is 19.5 Å². The molecule has 3 unspecified atom stereocenters. The average Bonchev–Trinajstić information content (AvgIpc) is 3.01. The van der Waals surface area contributed by atoms with Gasteiger partial charge in [-0.1, -0.05) is 154 Å². The van der Waals surface area contributed by atoms with Crippen molar-refractivity contribution in [2.24, 2.45) is 5.92 Å². The molecule has 0 spiro atoms. The summed E-state index contributed by atoms with van der Waals surface area (Å²) in [7, 11) is -0.486. The summed E-state index contributed by atoms with van der Waals surface area (Å²) in [5.41, 5.74) is -0.220. The molecule has 0 saturated carbocycles. The summed E-state index contributed by atoms with van der Waals surface area (Å²) in [6.45, 7) is 3.92. The number of rotatable bonds is 35. The molecule has 0 amide bonds. The van der Waals surface area contributed by atoms with Gasteiger partial charge < -0.3 is 10.2 Å². The largest absolute Gasteiger partial charge is 0.480 e. The van der Waals surface area contributed by atoms with E-state index in [1.807, 2.05) is 0 Å². The Hall–Kier alpha value is -1.10. The highest BCUT2D eigenvalue weighted by Crippen LogP contribution is 2.24. The molecule has 258 valence electrons. The minimum Gasteiger partial charge on any atom is -0.480 e. The number of hydrogen-bond acceptors (Lipinski definition) is 5. The molecule has 0 aliphatic rings. The zero-order valence-corrected chi connectivity index (χ0v) is 29.7. The van der Waals surface area contributed by atoms with Crippen LogP contribution in [0.5, 0.6) is 0 Å². The van der Waals surface area contributed by atoms with Gasteiger partial charge in [-0.05, 0) is 38.5 Å². The molecule has 0 fully saturated rings. The van der Waals surface area contributed by atoms with Crippen LogP contribution in [0, 0.1) is 5.92 Å². The lowest BCUT2D eigenvalue weighted by atomic mass is 9.94. The fourth-order valence-corrected chi connectivity index (χ4v) is 6.61. The Morgan fingerprint density at radius 2 is 1.02 bits per heavy atom. The molecule has 0 saturated heterocycles. The molecule has 0 aromatic carbocycles. The SMILES string of the molecule is CCCCCCCCC=CCCCCCCC(C(=O)CCCCCCCCCCCCCCC)C(=O)PNC(CO)C(=O)O. The van der Waals surface area contributed by atoms with E-state index in [0.717, 1.165) is 51.4 Å². The maximum absolute atomic E-state index is 13.1. The maximum atomic E-state index is 13.1. The monoisotopic (exact) mass is 639 g/mol. The van der Waals surface area contributed by atoms with E-state index in [0.29, 0.717) is 12.8 Å². The lowest BCUT2D eigenvalue weighted by Gasteiger charge is -2.17. The van der Waals surface area contributed by atoms with Crippen LogP contribution < -0.4 is 5.09 Å². The van der Waals surface area contributed by atoms with Gasteiger partial charge in [-0.25, -0.2) is 0 Å². The van der Waals surface area contributed by atoms with Crippen LogP contribution in [0.3, 0.4) is 0 Å². The third kappa shape index (κ3) is 27.2. The number of carbonyl (C=O) groups is 3. The Balaban J connectivity index is 4.28. The highest BCUT2D eigenvalue weighted by molar-refractivity contribution is 7.56. The van der Waals surface area contributed by atoms with Crippen molar-refractivity contribution in [1.29, 1.82) is 0 Å². The summed E-state index contributed by atoms with van der Waals surface area (Å²) in [6, 6.07) is -1.18. The molecule has 0 bridgehead atoms. The number of aliphatic hydroxyl groups excluding tert-OH is 1. The molecule has 3 atom stereocenters. The second-order valence-electron chi connectivity index (χ2n) is 12.7. The van der Waals surface area contributed by atoms with Crippen molar-refractivity contribution in [3.05, 3.63) is 12.2 Å². The summed E-state index contributed by atoms with van der Waals surface area (Å²) >= 11 is 0. The fraction of sp³-hybridized carbons (Fsp3) is 0.865. The highest BCUT2D eigenvalue weighted by Gasteiger charge is 2.27. The van der Waals surface area contributed by atoms with Crippen molar-refractivity contribution in [3.63, 3.8) is 0 Å². The van der Waals surface area contributed by atoms with Crippen LogP contribution in [0.25, 0.3) is 0 Å². The van der Waals surface area contributed by atoms with E-state index in [1.54, 1.807) is 0 Å². The summed E-state index contributed by atoms with van der Waals surface area (Å²) in [6.07, 6.45) is 36.0. The Kier molecular flexibility index (Phi) is 32.4. The first-order chi connectivity index (χ1) is 21.5. The smallest absolute Gasteiger partial charge is 0.323 e. The van der Waals surface area contributed by atoms with Gasteiger partial charge in [0.25, 0.3) is 0 Å². The number of Topliss-reactive ketones (excluding diaryl/α,β-unsaturated/α-hetero) is 1. The fourth-order valence-electron chi connectivity index (χ4n) is 5.60. The van der Waals surface area contributed by atoms with E-state index in [4.69, 9.17) is 5.11 Å². The van der Waals surface area contributed by atoms with Crippen LogP contribution in [0.1, 0.15) is 187 Å². The summed E-state index contributed by atoms with van der Waals surface area (Å²) in [5, 5.41) is 21.1. The van der Waals surface area contributed by atoms with Gasteiger partial charge >= 0.3 is 5.97 Å². The number of hydrogen-bond donors (Lipinski definition) is 3. The molecule has 6 nitrogen and oxygen atoms in total. The van der Waals surface area contributed by atoms with Gasteiger partial charge in [0.2, 0.25) is 0 Å². The van der Waals surface area contributed by atoms with Crippen LogP contribution >= 0.6 is 8.73 Å². The number of allylic oxidation sites excluding steroid dienone is 2. The van der Waals surface area contributed by atoms with Crippen molar-refractivity contribution < 1.29 is 24.6 Å². The van der Waals surface area contributed by atoms with E-state index >= 15 is 0 Å². The van der Waals surface area contributed by atoms with Gasteiger partial charge in [0.15, 0.2) is 5.52 Å². The first-order valence-electron chi connectivity index (χ1n) is 18.5. The first kappa shape index (κ1) is 42.9. The van der Waals surface area contributed by atoms with E-state index in [-0.39, 0.29) is 11.3 Å². The highest BCUT2D eigenvalue weighted by atomic mass is 31.1. The van der Waals surface area contributed by atoms with Crippen molar-refractivity contribution in [1.82, 2.24) is 5.09 Å². The minimum atomic E-state index is -1.19. The van der Waals surface area contributed by atoms with E-state index in [1.165, 1.54) is 109 Å². The Labute approximate surface area is 273 Å². The Morgan fingerprint density at radius 3 is 1.45 bits per heavy atom. The van der Waals surface area contributed by atoms with Gasteiger partial charge in [0.05, 0.1) is 12.5 Å². The predicted molar refractivity (Wildman–Crippen MR) is 189 cm³/mol. The molecular formula is C37H70NO5P. The molecule has 3 N–H and O–H groups in total. The molecular weight excluding hydrogens is 569 g/mol. The number of unbranched alkanes of at least 4 members (excludes halogenated alkanes) is 22. The van der Waals surface area contributed by atoms with Crippen LogP contribution in [-0.2, 0) is 14.4 Å². The quantitative estimate of drug-likeness (QED) is 0.0276. The van der Waals surface area contributed by atoms with Crippen molar-refractivity contribution in [2.75, 3.05) is 6.61 Å². The molecule has 0 aliphatic carbocycles. The van der Waals surface area contributed by atoms with Gasteiger partial charge in [-0.2, -0.15) is 0 Å². The lowest BCUT2D eigenvalue weighted by Crippen LogP contribution is -2.36. The topological polar surface area (TPSA) is 104 Å². The minimum absolute atomic E-state index is 0.000809.